The number of aliphatic hydroxyl groups excluding tert-OH is 1. The molecule has 0 amide bonds. The molecule has 0 aliphatic heterocycles. The number of hydrogen-bond donors (Lipinski definition) is 1. The molecule has 1 unspecified atom stereocenters. The molecule has 55 heavy (non-hydrogen) atoms. The topological polar surface area (TPSA) is 130 Å². The number of carbonyl (C=O) groups excluding carboxylic acids is 1. The van der Waals surface area contributed by atoms with Gasteiger partial charge in [0, 0.05) is 17.4 Å². The molecule has 1 atom stereocenters. The lowest BCUT2D eigenvalue weighted by atomic mass is 10.0. The number of rotatable bonds is 15. The standard InChI is InChI=1S/C45H42N6O4/c1-31-15-24-39-42(49-47-34-18-22-36(23-19-34)55-45(53)32-16-20-35(21-17-32)54-30-10-3-2-9-29-52)27-28-43(44(31)39)51-50-41-26-25-40(37-13-7-8-14-38(37)41)48-46-33-11-5-4-6-12-33/h4-8,11-14,16-23,25-28,31,52H,2-3,9-10,15,24,29-30H2,1H3. The number of fused-ring (bicyclic) bond motifs is 2. The van der Waals surface area contributed by atoms with E-state index in [-0.39, 0.29) is 6.61 Å². The van der Waals surface area contributed by atoms with Gasteiger partial charge in [0.15, 0.2) is 0 Å². The van der Waals surface area contributed by atoms with Gasteiger partial charge in [-0.25, -0.2) is 4.79 Å². The van der Waals surface area contributed by atoms with Gasteiger partial charge >= 0.3 is 5.97 Å². The summed E-state index contributed by atoms with van der Waals surface area (Å²) in [5.41, 5.74) is 7.30. The van der Waals surface area contributed by atoms with Gasteiger partial charge in [0.05, 0.1) is 46.3 Å². The molecule has 0 saturated carbocycles. The smallest absolute Gasteiger partial charge is 0.343 e. The van der Waals surface area contributed by atoms with Crippen molar-refractivity contribution in [2.24, 2.45) is 30.7 Å². The Hall–Kier alpha value is -6.39. The fraction of sp³-hybridized carbons (Fsp3) is 0.222. The fourth-order valence-corrected chi connectivity index (χ4v) is 6.60. The largest absolute Gasteiger partial charge is 0.494 e. The summed E-state index contributed by atoms with van der Waals surface area (Å²) >= 11 is 0. The summed E-state index contributed by atoms with van der Waals surface area (Å²) in [6.07, 6.45) is 5.60. The zero-order chi connectivity index (χ0) is 37.8. The minimum absolute atomic E-state index is 0.224. The van der Waals surface area contributed by atoms with E-state index >= 15 is 0 Å². The van der Waals surface area contributed by atoms with Crippen LogP contribution in [0.2, 0.25) is 0 Å². The predicted octanol–water partition coefficient (Wildman–Crippen LogP) is 13.3. The monoisotopic (exact) mass is 730 g/mol. The van der Waals surface area contributed by atoms with Gasteiger partial charge in [-0.1, -0.05) is 55.8 Å². The SMILES string of the molecule is CC1CCc2c(N=Nc3ccc(OC(=O)c4ccc(OCCCCCCO)cc4)cc3)ccc(N=Nc3ccc(N=Nc4ccccc4)c4ccccc34)c21. The Morgan fingerprint density at radius 1 is 0.600 bits per heavy atom. The maximum absolute atomic E-state index is 12.8. The molecule has 1 aliphatic carbocycles. The van der Waals surface area contributed by atoms with Crippen LogP contribution in [0.25, 0.3) is 10.8 Å². The Bertz CT molecular complexity index is 2320. The first-order chi connectivity index (χ1) is 27.1. The molecule has 6 aromatic carbocycles. The normalized spacial score (nSPS) is 14.0. The van der Waals surface area contributed by atoms with Crippen molar-refractivity contribution in [2.45, 2.75) is 51.4 Å². The molecule has 0 saturated heterocycles. The third-order valence-electron chi connectivity index (χ3n) is 9.53. The van der Waals surface area contributed by atoms with Gasteiger partial charge in [-0.2, -0.15) is 20.5 Å². The molecule has 6 aromatic rings. The Morgan fingerprint density at radius 3 is 1.87 bits per heavy atom. The van der Waals surface area contributed by atoms with Crippen molar-refractivity contribution in [2.75, 3.05) is 13.2 Å². The average Bonchev–Trinajstić information content (AvgIpc) is 3.63. The summed E-state index contributed by atoms with van der Waals surface area (Å²) in [4.78, 5) is 12.8. The van der Waals surface area contributed by atoms with Crippen LogP contribution in [0.15, 0.2) is 158 Å². The molecule has 1 N–H and O–H groups in total. The van der Waals surface area contributed by atoms with Gasteiger partial charge in [-0.3, -0.25) is 0 Å². The summed E-state index contributed by atoms with van der Waals surface area (Å²) in [6, 6.07) is 39.3. The summed E-state index contributed by atoms with van der Waals surface area (Å²) in [5.74, 6) is 0.964. The van der Waals surface area contributed by atoms with E-state index in [0.717, 1.165) is 88.9 Å². The van der Waals surface area contributed by atoms with Crippen molar-refractivity contribution in [3.63, 3.8) is 0 Å². The lowest BCUT2D eigenvalue weighted by Crippen LogP contribution is -2.08. The second-order valence-corrected chi connectivity index (χ2v) is 13.4. The first kappa shape index (κ1) is 36.9. The molecular weight excluding hydrogens is 689 g/mol. The number of carbonyl (C=O) groups is 1. The van der Waals surface area contributed by atoms with Crippen molar-refractivity contribution in [3.8, 4) is 11.5 Å². The first-order valence-corrected chi connectivity index (χ1v) is 18.7. The third-order valence-corrected chi connectivity index (χ3v) is 9.53. The van der Waals surface area contributed by atoms with Crippen molar-refractivity contribution < 1.29 is 19.4 Å². The highest BCUT2D eigenvalue weighted by molar-refractivity contribution is 5.99. The Kier molecular flexibility index (Phi) is 12.2. The average molecular weight is 731 g/mol. The number of esters is 1. The Labute approximate surface area is 320 Å². The van der Waals surface area contributed by atoms with Crippen LogP contribution < -0.4 is 9.47 Å². The van der Waals surface area contributed by atoms with E-state index in [0.29, 0.717) is 35.3 Å². The van der Waals surface area contributed by atoms with E-state index in [1.165, 1.54) is 0 Å². The van der Waals surface area contributed by atoms with E-state index in [1.807, 2.05) is 78.9 Å². The Morgan fingerprint density at radius 2 is 1.16 bits per heavy atom. The van der Waals surface area contributed by atoms with Crippen molar-refractivity contribution in [1.29, 1.82) is 0 Å². The zero-order valence-corrected chi connectivity index (χ0v) is 30.7. The van der Waals surface area contributed by atoms with E-state index in [4.69, 9.17) is 24.8 Å². The highest BCUT2D eigenvalue weighted by Crippen LogP contribution is 2.45. The number of ether oxygens (including phenoxy) is 2. The summed E-state index contributed by atoms with van der Waals surface area (Å²) in [6.45, 7) is 3.03. The molecule has 0 bridgehead atoms. The van der Waals surface area contributed by atoms with Gasteiger partial charge in [-0.05, 0) is 134 Å². The van der Waals surface area contributed by atoms with Crippen LogP contribution in [0.3, 0.4) is 0 Å². The highest BCUT2D eigenvalue weighted by atomic mass is 16.5. The van der Waals surface area contributed by atoms with Crippen LogP contribution in [0.1, 0.15) is 66.4 Å². The van der Waals surface area contributed by atoms with Crippen LogP contribution in [-0.2, 0) is 6.42 Å². The van der Waals surface area contributed by atoms with E-state index in [2.05, 4.69) is 27.4 Å². The molecule has 10 heteroatoms. The molecule has 1 aliphatic rings. The number of hydrogen-bond acceptors (Lipinski definition) is 10. The number of aliphatic hydroxyl groups is 1. The number of azo groups is 3. The molecule has 0 radical (unpaired) electrons. The molecule has 7 rings (SSSR count). The predicted molar refractivity (Wildman–Crippen MR) is 215 cm³/mol. The van der Waals surface area contributed by atoms with Crippen LogP contribution in [0, 0.1) is 0 Å². The van der Waals surface area contributed by atoms with E-state index in [1.54, 1.807) is 48.5 Å². The van der Waals surface area contributed by atoms with E-state index in [9.17, 15) is 4.79 Å². The molecule has 0 spiro atoms. The van der Waals surface area contributed by atoms with Crippen LogP contribution in [-0.4, -0.2) is 24.3 Å². The van der Waals surface area contributed by atoms with Gasteiger partial charge in [0.2, 0.25) is 0 Å². The van der Waals surface area contributed by atoms with Crippen molar-refractivity contribution in [1.82, 2.24) is 0 Å². The number of nitrogens with zero attached hydrogens (tertiary/aromatic N) is 6. The second kappa shape index (κ2) is 18.1. The van der Waals surface area contributed by atoms with Crippen LogP contribution >= 0.6 is 0 Å². The van der Waals surface area contributed by atoms with Gasteiger partial charge in [-0.15, -0.1) is 10.2 Å². The lowest BCUT2D eigenvalue weighted by Gasteiger charge is -2.10. The van der Waals surface area contributed by atoms with E-state index < -0.39 is 5.97 Å². The maximum atomic E-state index is 12.8. The quantitative estimate of drug-likeness (QED) is 0.0487. The third kappa shape index (κ3) is 9.41. The van der Waals surface area contributed by atoms with Gasteiger partial charge < -0.3 is 14.6 Å². The molecule has 0 heterocycles. The summed E-state index contributed by atoms with van der Waals surface area (Å²) < 4.78 is 11.3. The highest BCUT2D eigenvalue weighted by Gasteiger charge is 2.25. The van der Waals surface area contributed by atoms with Gasteiger partial charge in [0.1, 0.15) is 11.5 Å². The van der Waals surface area contributed by atoms with Crippen LogP contribution in [0.4, 0.5) is 34.1 Å². The summed E-state index contributed by atoms with van der Waals surface area (Å²) in [7, 11) is 0. The van der Waals surface area contributed by atoms with Crippen molar-refractivity contribution >= 4 is 50.9 Å². The zero-order valence-electron chi connectivity index (χ0n) is 30.7. The second-order valence-electron chi connectivity index (χ2n) is 13.4. The number of unbranched alkanes of at least 4 members (excludes halogenated alkanes) is 3. The Balaban J connectivity index is 0.997. The fourth-order valence-electron chi connectivity index (χ4n) is 6.60. The molecular formula is C45H42N6O4. The molecule has 276 valence electrons. The molecule has 0 fully saturated rings. The summed E-state index contributed by atoms with van der Waals surface area (Å²) in [5, 5.41) is 38.3. The van der Waals surface area contributed by atoms with Gasteiger partial charge in [0.25, 0.3) is 0 Å². The first-order valence-electron chi connectivity index (χ1n) is 18.7. The lowest BCUT2D eigenvalue weighted by molar-refractivity contribution is 0.0734. The molecule has 0 aromatic heterocycles. The van der Waals surface area contributed by atoms with Crippen molar-refractivity contribution in [3.05, 3.63) is 144 Å². The number of benzene rings is 6. The minimum atomic E-state index is -0.456. The molecule has 10 nitrogen and oxygen atoms in total. The maximum Gasteiger partial charge on any atom is 0.343 e. The van der Waals surface area contributed by atoms with Crippen LogP contribution in [0.5, 0.6) is 11.5 Å². The minimum Gasteiger partial charge on any atom is -0.494 e.